The number of aliphatic hydroxyl groups excluding tert-OH is 1. The fraction of sp³-hybridized carbons (Fsp3) is 0.781. The number of carboxylic acid groups (broad SMARTS) is 1. The highest BCUT2D eigenvalue weighted by Gasteiger charge is 2.66. The lowest BCUT2D eigenvalue weighted by atomic mass is 9.43. The number of allylic oxidation sites excluding steroid dienone is 5. The summed E-state index contributed by atoms with van der Waals surface area (Å²) in [6.07, 6.45) is 10.7. The third-order valence-electron chi connectivity index (χ3n) is 12.2. The van der Waals surface area contributed by atoms with Gasteiger partial charge >= 0.3 is 5.97 Å². The highest BCUT2D eigenvalue weighted by atomic mass is 16.4. The van der Waals surface area contributed by atoms with Crippen molar-refractivity contribution >= 4 is 5.97 Å². The molecule has 0 radical (unpaired) electrons. The molecule has 0 spiro atoms. The summed E-state index contributed by atoms with van der Waals surface area (Å²) in [5.74, 6) is 0.120. The van der Waals surface area contributed by atoms with E-state index in [-0.39, 0.29) is 22.2 Å². The number of aliphatic hydroxyl groups is 1. The first-order valence-electron chi connectivity index (χ1n) is 14.1. The molecule has 196 valence electrons. The van der Waals surface area contributed by atoms with Gasteiger partial charge in [0.2, 0.25) is 0 Å². The van der Waals surface area contributed by atoms with E-state index in [4.69, 9.17) is 0 Å². The van der Waals surface area contributed by atoms with Gasteiger partial charge in [-0.05, 0) is 90.1 Å². The molecule has 0 aliphatic heterocycles. The third kappa shape index (κ3) is 3.73. The second kappa shape index (κ2) is 8.61. The maximum atomic E-state index is 12.6. The van der Waals surface area contributed by atoms with Gasteiger partial charge in [0, 0.05) is 11.3 Å². The first-order valence-corrected chi connectivity index (χ1v) is 14.1. The van der Waals surface area contributed by atoms with Crippen molar-refractivity contribution in [3.63, 3.8) is 0 Å². The van der Waals surface area contributed by atoms with Crippen molar-refractivity contribution in [3.05, 3.63) is 35.5 Å². The van der Waals surface area contributed by atoms with Crippen molar-refractivity contribution in [2.45, 2.75) is 106 Å². The van der Waals surface area contributed by atoms with Crippen LogP contribution in [0.15, 0.2) is 35.5 Å². The van der Waals surface area contributed by atoms with Crippen LogP contribution < -0.4 is 0 Å². The van der Waals surface area contributed by atoms with Gasteiger partial charge in [-0.15, -0.1) is 0 Å². The Bertz CT molecular complexity index is 954. The van der Waals surface area contributed by atoms with Gasteiger partial charge in [-0.2, -0.15) is 0 Å². The molecule has 0 aromatic heterocycles. The molecule has 2 fully saturated rings. The Morgan fingerprint density at radius 2 is 1.80 bits per heavy atom. The molecule has 0 aromatic carbocycles. The SMILES string of the molecule is C=C(CC[C@@H](C(=O)O)[C@H]1[C@H](O)C[C@@]2(C)C3=CCC4C(C)(C)[C@H](C)CC[C@]4(C)C3=CC[C@]12C)C(C)C. The quantitative estimate of drug-likeness (QED) is 0.380. The summed E-state index contributed by atoms with van der Waals surface area (Å²) in [6.45, 7) is 22.9. The van der Waals surface area contributed by atoms with Crippen LogP contribution in [0, 0.1) is 51.2 Å². The maximum absolute atomic E-state index is 12.6. The molecule has 3 nitrogen and oxygen atoms in total. The van der Waals surface area contributed by atoms with Gasteiger partial charge < -0.3 is 10.2 Å². The van der Waals surface area contributed by atoms with Gasteiger partial charge in [0.25, 0.3) is 0 Å². The normalized spacial score (nSPS) is 42.9. The molecule has 0 saturated heterocycles. The van der Waals surface area contributed by atoms with Gasteiger partial charge in [0.15, 0.2) is 0 Å². The topological polar surface area (TPSA) is 57.5 Å². The number of aliphatic carboxylic acids is 1. The zero-order valence-electron chi connectivity index (χ0n) is 23.6. The molecule has 0 heterocycles. The Balaban J connectivity index is 1.72. The first kappa shape index (κ1) is 26.7. The molecule has 0 bridgehead atoms. The van der Waals surface area contributed by atoms with Gasteiger partial charge in [0.1, 0.15) is 0 Å². The van der Waals surface area contributed by atoms with E-state index in [2.05, 4.69) is 74.1 Å². The molecule has 4 rings (SSSR count). The predicted octanol–water partition coefficient (Wildman–Crippen LogP) is 7.81. The van der Waals surface area contributed by atoms with Crippen LogP contribution in [0.1, 0.15) is 100 Å². The van der Waals surface area contributed by atoms with Crippen LogP contribution in [0.4, 0.5) is 0 Å². The second-order valence-electron chi connectivity index (χ2n) is 14.2. The van der Waals surface area contributed by atoms with Crippen LogP contribution in [0.2, 0.25) is 0 Å². The Hall–Kier alpha value is -1.35. The number of rotatable bonds is 6. The standard InChI is InChI=1S/C32H50O3/c1-19(2)20(3)10-11-22(28(34)35)27-25(33)18-32(9)24-12-13-26-29(5,6)21(4)14-16-30(26,7)23(24)15-17-31(27,32)8/h12,15,19,21-22,25-27,33H,3,10-11,13-14,16-18H2,1-2,4-9H3,(H,34,35)/t21-,22-,25-,26?,27+,30-,31-,32+/m1/s1. The van der Waals surface area contributed by atoms with Gasteiger partial charge in [-0.25, -0.2) is 0 Å². The summed E-state index contributed by atoms with van der Waals surface area (Å²) in [6, 6.07) is 0. The molecule has 3 heteroatoms. The highest BCUT2D eigenvalue weighted by molar-refractivity contribution is 5.71. The summed E-state index contributed by atoms with van der Waals surface area (Å²) >= 11 is 0. The van der Waals surface area contributed by atoms with E-state index in [1.165, 1.54) is 24.0 Å². The Morgan fingerprint density at radius 3 is 2.40 bits per heavy atom. The molecular weight excluding hydrogens is 432 g/mol. The summed E-state index contributed by atoms with van der Waals surface area (Å²) < 4.78 is 0. The van der Waals surface area contributed by atoms with E-state index < -0.39 is 18.0 Å². The highest BCUT2D eigenvalue weighted by Crippen LogP contribution is 2.72. The molecule has 35 heavy (non-hydrogen) atoms. The average molecular weight is 483 g/mol. The molecule has 0 aromatic rings. The predicted molar refractivity (Wildman–Crippen MR) is 144 cm³/mol. The van der Waals surface area contributed by atoms with E-state index in [0.717, 1.165) is 24.3 Å². The largest absolute Gasteiger partial charge is 0.481 e. The number of fused-ring (bicyclic) bond motifs is 5. The van der Waals surface area contributed by atoms with Crippen LogP contribution in [0.3, 0.4) is 0 Å². The Kier molecular flexibility index (Phi) is 6.57. The number of carbonyl (C=O) groups is 1. The molecule has 2 N–H and O–H groups in total. The molecule has 0 amide bonds. The Morgan fingerprint density at radius 1 is 1.14 bits per heavy atom. The lowest BCUT2D eigenvalue weighted by molar-refractivity contribution is -0.148. The minimum atomic E-state index is -0.765. The van der Waals surface area contributed by atoms with Gasteiger partial charge in [-0.3, -0.25) is 4.79 Å². The summed E-state index contributed by atoms with van der Waals surface area (Å²) in [4.78, 5) is 12.6. The van der Waals surface area contributed by atoms with E-state index in [1.807, 2.05) is 0 Å². The van der Waals surface area contributed by atoms with E-state index in [0.29, 0.717) is 36.5 Å². The zero-order valence-corrected chi connectivity index (χ0v) is 23.6. The van der Waals surface area contributed by atoms with E-state index >= 15 is 0 Å². The zero-order chi connectivity index (χ0) is 26.1. The smallest absolute Gasteiger partial charge is 0.306 e. The Labute approximate surface area is 214 Å². The number of hydrogen-bond acceptors (Lipinski definition) is 2. The first-order chi connectivity index (χ1) is 16.1. The van der Waals surface area contributed by atoms with Crippen LogP contribution in [0.5, 0.6) is 0 Å². The van der Waals surface area contributed by atoms with Crippen molar-refractivity contribution in [2.75, 3.05) is 0 Å². The minimum Gasteiger partial charge on any atom is -0.481 e. The van der Waals surface area contributed by atoms with Gasteiger partial charge in [-0.1, -0.05) is 79.7 Å². The summed E-state index contributed by atoms with van der Waals surface area (Å²) in [7, 11) is 0. The van der Waals surface area contributed by atoms with Crippen molar-refractivity contribution in [1.82, 2.24) is 0 Å². The van der Waals surface area contributed by atoms with Crippen molar-refractivity contribution < 1.29 is 15.0 Å². The van der Waals surface area contributed by atoms with Gasteiger partial charge in [0.05, 0.1) is 12.0 Å². The maximum Gasteiger partial charge on any atom is 0.306 e. The average Bonchev–Trinajstić information content (AvgIpc) is 2.97. The fourth-order valence-electron chi connectivity index (χ4n) is 9.09. The fourth-order valence-corrected chi connectivity index (χ4v) is 9.09. The lowest BCUT2D eigenvalue weighted by Crippen LogP contribution is -2.53. The molecule has 8 atom stereocenters. The lowest BCUT2D eigenvalue weighted by Gasteiger charge is -2.61. The van der Waals surface area contributed by atoms with Crippen LogP contribution in [-0.2, 0) is 4.79 Å². The van der Waals surface area contributed by atoms with Crippen molar-refractivity contribution in [2.24, 2.45) is 51.2 Å². The number of carboxylic acids is 1. The van der Waals surface area contributed by atoms with E-state index in [1.54, 1.807) is 0 Å². The van der Waals surface area contributed by atoms with Crippen molar-refractivity contribution in [1.29, 1.82) is 0 Å². The van der Waals surface area contributed by atoms with Crippen LogP contribution in [0.25, 0.3) is 0 Å². The van der Waals surface area contributed by atoms with Crippen molar-refractivity contribution in [3.8, 4) is 0 Å². The second-order valence-corrected chi connectivity index (χ2v) is 14.2. The third-order valence-corrected chi connectivity index (χ3v) is 12.2. The monoisotopic (exact) mass is 482 g/mol. The van der Waals surface area contributed by atoms with Crippen LogP contribution >= 0.6 is 0 Å². The van der Waals surface area contributed by atoms with E-state index in [9.17, 15) is 15.0 Å². The molecule has 2 saturated carbocycles. The van der Waals surface area contributed by atoms with Crippen LogP contribution in [-0.4, -0.2) is 22.3 Å². The summed E-state index contributed by atoms with van der Waals surface area (Å²) in [5.41, 5.74) is 4.02. The molecule has 4 aliphatic rings. The number of hydrogen-bond donors (Lipinski definition) is 2. The summed E-state index contributed by atoms with van der Waals surface area (Å²) in [5, 5.41) is 21.8. The minimum absolute atomic E-state index is 0.161. The molecule has 1 unspecified atom stereocenters. The molecule has 4 aliphatic carbocycles. The molecular formula is C32H50O3.